The van der Waals surface area contributed by atoms with Crippen molar-refractivity contribution in [2.45, 2.75) is 41.0 Å². The Bertz CT molecular complexity index is 80.6. The summed E-state index contributed by atoms with van der Waals surface area (Å²) in [5, 5.41) is 0. The van der Waals surface area contributed by atoms with Crippen LogP contribution in [0, 0.1) is 0 Å². The van der Waals surface area contributed by atoms with Crippen LogP contribution in [-0.4, -0.2) is 14.1 Å². The maximum atomic E-state index is 2.58. The summed E-state index contributed by atoms with van der Waals surface area (Å²) < 4.78 is 2.59. The lowest BCUT2D eigenvalue weighted by Crippen LogP contribution is -2.05. The van der Waals surface area contributed by atoms with Gasteiger partial charge in [-0.25, -0.2) is 0 Å². The molecule has 44 valence electrons. The largest absolute Gasteiger partial charge is 0.265 e. The van der Waals surface area contributed by atoms with Crippen molar-refractivity contribution in [1.82, 2.24) is 0 Å². The number of hydrogen-bond donors (Lipinski definition) is 0. The summed E-state index contributed by atoms with van der Waals surface area (Å²) in [5.74, 6) is 2.58. The highest BCUT2D eigenvalue weighted by Gasteiger charge is 2.42. The molecular formula is C7H13Al. The van der Waals surface area contributed by atoms with Gasteiger partial charge in [0.2, 0.25) is 0 Å². The minimum atomic E-state index is -0.127. The Balaban J connectivity index is 1.84. The quantitative estimate of drug-likeness (QED) is 0.496. The van der Waals surface area contributed by atoms with Gasteiger partial charge in [0.15, 0.2) is 0 Å². The monoisotopic (exact) mass is 124 g/mol. The first kappa shape index (κ1) is 5.33. The lowest BCUT2D eigenvalue weighted by molar-refractivity contribution is 1.27. The van der Waals surface area contributed by atoms with Crippen LogP contribution in [0.15, 0.2) is 0 Å². The van der Waals surface area contributed by atoms with Gasteiger partial charge in [-0.2, -0.15) is 0 Å². The minimum Gasteiger partial charge on any atom is -0.105 e. The van der Waals surface area contributed by atoms with E-state index in [2.05, 4.69) is 5.79 Å². The van der Waals surface area contributed by atoms with Crippen LogP contribution in [0.4, 0.5) is 0 Å². The van der Waals surface area contributed by atoms with Gasteiger partial charge in [0.05, 0.1) is 0 Å². The molecular weight excluding hydrogens is 111 g/mol. The molecule has 0 aromatic carbocycles. The van der Waals surface area contributed by atoms with E-state index in [1.807, 2.05) is 0 Å². The van der Waals surface area contributed by atoms with E-state index in [1.54, 1.807) is 25.7 Å². The fourth-order valence-corrected chi connectivity index (χ4v) is 4.89. The van der Waals surface area contributed by atoms with Crippen molar-refractivity contribution in [3.05, 3.63) is 0 Å². The van der Waals surface area contributed by atoms with Crippen LogP contribution in [0.25, 0.3) is 0 Å². The Morgan fingerprint density at radius 3 is 1.62 bits per heavy atom. The molecule has 1 heteroatoms. The zero-order chi connectivity index (χ0) is 5.56. The van der Waals surface area contributed by atoms with Gasteiger partial charge in [-0.15, -0.1) is 5.79 Å². The molecule has 0 radical (unpaired) electrons. The van der Waals surface area contributed by atoms with E-state index in [4.69, 9.17) is 0 Å². The molecule has 2 fully saturated rings. The van der Waals surface area contributed by atoms with Gasteiger partial charge >= 0.3 is 0 Å². The second-order valence-electron chi connectivity index (χ2n) is 3.53. The lowest BCUT2D eigenvalue weighted by atomic mass is 10.9. The molecule has 0 saturated heterocycles. The van der Waals surface area contributed by atoms with Gasteiger partial charge < -0.3 is 0 Å². The Labute approximate surface area is 55.7 Å². The summed E-state index contributed by atoms with van der Waals surface area (Å²) in [6.45, 7) is 0. The highest BCUT2D eigenvalue weighted by Crippen LogP contribution is 2.51. The molecule has 0 unspecified atom stereocenters. The van der Waals surface area contributed by atoms with Crippen molar-refractivity contribution in [2.75, 3.05) is 0 Å². The van der Waals surface area contributed by atoms with E-state index in [-0.39, 0.29) is 14.1 Å². The third-order valence-electron chi connectivity index (χ3n) is 2.73. The standard InChI is InChI=1S/2C3H5.CH3.Al/c2*1-2-3-1;;/h2*1H,2-3H2;1H3;. The first-order valence-electron chi connectivity index (χ1n) is 3.88. The van der Waals surface area contributed by atoms with Crippen LogP contribution in [0.3, 0.4) is 0 Å². The molecule has 0 atom stereocenters. The van der Waals surface area contributed by atoms with E-state index in [1.165, 1.54) is 9.56 Å². The Morgan fingerprint density at radius 2 is 1.38 bits per heavy atom. The van der Waals surface area contributed by atoms with Crippen molar-refractivity contribution >= 4 is 14.1 Å². The molecule has 0 nitrogen and oxygen atoms in total. The number of rotatable bonds is 2. The molecule has 2 aliphatic carbocycles. The highest BCUT2D eigenvalue weighted by atomic mass is 27.2. The molecule has 0 aliphatic heterocycles. The van der Waals surface area contributed by atoms with Gasteiger partial charge in [-0.3, -0.25) is 0 Å². The third kappa shape index (κ3) is 0.947. The van der Waals surface area contributed by atoms with Crippen LogP contribution < -0.4 is 0 Å². The van der Waals surface area contributed by atoms with Crippen molar-refractivity contribution in [2.24, 2.45) is 0 Å². The maximum Gasteiger partial charge on any atom is 0.265 e. The van der Waals surface area contributed by atoms with Gasteiger partial charge in [0, 0.05) is 0 Å². The Kier molecular flexibility index (Phi) is 1.17. The van der Waals surface area contributed by atoms with Crippen molar-refractivity contribution in [3.63, 3.8) is 0 Å². The molecule has 0 aromatic heterocycles. The second-order valence-corrected chi connectivity index (χ2v) is 7.14. The van der Waals surface area contributed by atoms with Gasteiger partial charge in [0.25, 0.3) is 14.1 Å². The topological polar surface area (TPSA) is 0 Å². The normalized spacial score (nSPS) is 28.1. The third-order valence-corrected chi connectivity index (χ3v) is 7.04. The molecule has 8 heavy (non-hydrogen) atoms. The Hall–Kier alpha value is 0.532. The van der Waals surface area contributed by atoms with Crippen molar-refractivity contribution in [1.29, 1.82) is 0 Å². The predicted molar refractivity (Wildman–Crippen MR) is 37.6 cm³/mol. The zero-order valence-electron chi connectivity index (χ0n) is 5.56. The van der Waals surface area contributed by atoms with Crippen LogP contribution in [-0.2, 0) is 0 Å². The zero-order valence-corrected chi connectivity index (χ0v) is 6.72. The maximum absolute atomic E-state index is 2.58. The molecule has 0 amide bonds. The fraction of sp³-hybridized carbons (Fsp3) is 1.00. The van der Waals surface area contributed by atoms with Crippen molar-refractivity contribution < 1.29 is 0 Å². The van der Waals surface area contributed by atoms with Crippen molar-refractivity contribution in [3.8, 4) is 0 Å². The average Bonchev–Trinajstić information content (AvgIpc) is 2.63. The summed E-state index contributed by atoms with van der Waals surface area (Å²) in [4.78, 5) is 0. The summed E-state index contributed by atoms with van der Waals surface area (Å²) in [7, 11) is 0. The molecule has 2 aliphatic rings. The lowest BCUT2D eigenvalue weighted by Gasteiger charge is -1.96. The average molecular weight is 124 g/mol. The van der Waals surface area contributed by atoms with E-state index >= 15 is 0 Å². The Morgan fingerprint density at radius 1 is 1.00 bits per heavy atom. The summed E-state index contributed by atoms with van der Waals surface area (Å²) in [6.07, 6.45) is 6.40. The molecule has 2 rings (SSSR count). The smallest absolute Gasteiger partial charge is 0.105 e. The van der Waals surface area contributed by atoms with Crippen LogP contribution in [0.1, 0.15) is 25.7 Å². The SMILES string of the molecule is [CH3][Al]([CH]1CC1)[CH]1CC1. The summed E-state index contributed by atoms with van der Waals surface area (Å²) >= 11 is -0.127. The van der Waals surface area contributed by atoms with E-state index in [0.29, 0.717) is 0 Å². The van der Waals surface area contributed by atoms with Crippen LogP contribution in [0.5, 0.6) is 0 Å². The van der Waals surface area contributed by atoms with Gasteiger partial charge in [0.1, 0.15) is 0 Å². The second kappa shape index (κ2) is 1.76. The minimum absolute atomic E-state index is 0.127. The summed E-state index contributed by atoms with van der Waals surface area (Å²) in [5.41, 5.74) is 0. The molecule has 2 saturated carbocycles. The molecule has 0 aromatic rings. The van der Waals surface area contributed by atoms with Crippen LogP contribution in [0.2, 0.25) is 15.3 Å². The number of hydrogen-bond acceptors (Lipinski definition) is 0. The van der Waals surface area contributed by atoms with E-state index in [9.17, 15) is 0 Å². The summed E-state index contributed by atoms with van der Waals surface area (Å²) in [6, 6.07) is 0. The first-order chi connectivity index (χ1) is 3.88. The van der Waals surface area contributed by atoms with Crippen LogP contribution >= 0.6 is 0 Å². The highest BCUT2D eigenvalue weighted by molar-refractivity contribution is 6.62. The molecule has 0 N–H and O–H groups in total. The van der Waals surface area contributed by atoms with Gasteiger partial charge in [-0.1, -0.05) is 35.2 Å². The first-order valence-corrected chi connectivity index (χ1v) is 6.37. The molecule has 0 spiro atoms. The van der Waals surface area contributed by atoms with E-state index < -0.39 is 0 Å². The predicted octanol–water partition coefficient (Wildman–Crippen LogP) is 2.44. The van der Waals surface area contributed by atoms with Gasteiger partial charge in [-0.05, 0) is 0 Å². The molecule has 0 bridgehead atoms. The molecule has 0 heterocycles. The van der Waals surface area contributed by atoms with E-state index in [0.717, 1.165) is 0 Å². The fourth-order valence-electron chi connectivity index (χ4n) is 1.63.